The molecule has 8 heavy (non-hydrogen) atoms. The SMILES string of the molecule is [SiH3]O[SiH2]CC1CCC1. The highest BCUT2D eigenvalue weighted by Gasteiger charge is 2.16. The van der Waals surface area contributed by atoms with Gasteiger partial charge in [-0.2, -0.15) is 0 Å². The van der Waals surface area contributed by atoms with Crippen LogP contribution in [0.4, 0.5) is 0 Å². The minimum Gasteiger partial charge on any atom is -0.468 e. The van der Waals surface area contributed by atoms with Crippen molar-refractivity contribution >= 4 is 20.2 Å². The van der Waals surface area contributed by atoms with Gasteiger partial charge in [0.1, 0.15) is 20.2 Å². The molecule has 1 fully saturated rings. The molecule has 0 radical (unpaired) electrons. The van der Waals surface area contributed by atoms with Crippen molar-refractivity contribution in [1.29, 1.82) is 0 Å². The molecule has 0 aromatic rings. The second-order valence-electron chi connectivity index (χ2n) is 2.58. The Morgan fingerprint density at radius 2 is 2.38 bits per heavy atom. The summed E-state index contributed by atoms with van der Waals surface area (Å²) in [6.45, 7) is 0. The number of hydrogen-bond donors (Lipinski definition) is 0. The normalized spacial score (nSPS) is 22.5. The average molecular weight is 146 g/mol. The lowest BCUT2D eigenvalue weighted by Crippen LogP contribution is -2.13. The molecule has 0 aromatic carbocycles. The Morgan fingerprint density at radius 3 is 2.75 bits per heavy atom. The summed E-state index contributed by atoms with van der Waals surface area (Å²) >= 11 is 0. The molecule has 0 aliphatic heterocycles. The first-order chi connectivity index (χ1) is 3.93. The predicted molar refractivity (Wildman–Crippen MR) is 41.7 cm³/mol. The van der Waals surface area contributed by atoms with Crippen LogP contribution in [0.2, 0.25) is 6.04 Å². The predicted octanol–water partition coefficient (Wildman–Crippen LogP) is -0.414. The first kappa shape index (κ1) is 6.51. The van der Waals surface area contributed by atoms with E-state index in [1.165, 1.54) is 25.3 Å². The fourth-order valence-corrected chi connectivity index (χ4v) is 2.92. The lowest BCUT2D eigenvalue weighted by Gasteiger charge is -2.24. The first-order valence-corrected chi connectivity index (χ1v) is 5.82. The van der Waals surface area contributed by atoms with Gasteiger partial charge in [0.2, 0.25) is 0 Å². The maximum Gasteiger partial charge on any atom is 0.146 e. The van der Waals surface area contributed by atoms with Gasteiger partial charge in [0.15, 0.2) is 0 Å². The quantitative estimate of drug-likeness (QED) is 0.492. The lowest BCUT2D eigenvalue weighted by atomic mass is 9.87. The molecule has 1 saturated carbocycles. The van der Waals surface area contributed by atoms with E-state index >= 15 is 0 Å². The van der Waals surface area contributed by atoms with E-state index in [0.29, 0.717) is 0 Å². The van der Waals surface area contributed by atoms with Crippen molar-refractivity contribution in [3.05, 3.63) is 0 Å². The number of rotatable bonds is 3. The van der Waals surface area contributed by atoms with E-state index in [-0.39, 0.29) is 9.76 Å². The summed E-state index contributed by atoms with van der Waals surface area (Å²) in [5, 5.41) is 0. The summed E-state index contributed by atoms with van der Waals surface area (Å²) in [5.41, 5.74) is 0. The molecule has 0 atom stereocenters. The fraction of sp³-hybridized carbons (Fsp3) is 1.00. The van der Waals surface area contributed by atoms with E-state index in [0.717, 1.165) is 16.4 Å². The van der Waals surface area contributed by atoms with Gasteiger partial charge in [0.05, 0.1) is 0 Å². The van der Waals surface area contributed by atoms with Gasteiger partial charge in [0, 0.05) is 0 Å². The molecule has 0 N–H and O–H groups in total. The zero-order chi connectivity index (χ0) is 5.82. The Kier molecular flexibility index (Phi) is 2.79. The third-order valence-corrected chi connectivity index (χ3v) is 4.64. The van der Waals surface area contributed by atoms with Crippen LogP contribution in [0, 0.1) is 5.92 Å². The molecule has 1 aliphatic rings. The Morgan fingerprint density at radius 1 is 1.62 bits per heavy atom. The molecule has 1 nitrogen and oxygen atoms in total. The van der Waals surface area contributed by atoms with Crippen molar-refractivity contribution in [1.82, 2.24) is 0 Å². The largest absolute Gasteiger partial charge is 0.468 e. The maximum atomic E-state index is 5.23. The number of hydrogen-bond acceptors (Lipinski definition) is 1. The molecule has 0 amide bonds. The molecule has 1 aliphatic carbocycles. The van der Waals surface area contributed by atoms with Gasteiger partial charge in [-0.25, -0.2) is 0 Å². The minimum atomic E-state index is -0.0238. The van der Waals surface area contributed by atoms with Crippen LogP contribution < -0.4 is 0 Å². The molecule has 1 rings (SSSR count). The topological polar surface area (TPSA) is 9.23 Å². The van der Waals surface area contributed by atoms with Crippen LogP contribution in [0.15, 0.2) is 0 Å². The van der Waals surface area contributed by atoms with Crippen molar-refractivity contribution in [2.75, 3.05) is 0 Å². The van der Waals surface area contributed by atoms with Crippen LogP contribution in [-0.4, -0.2) is 20.2 Å². The van der Waals surface area contributed by atoms with Crippen molar-refractivity contribution in [2.45, 2.75) is 25.3 Å². The average Bonchev–Trinajstić information content (AvgIpc) is 1.63. The Labute approximate surface area is 56.3 Å². The van der Waals surface area contributed by atoms with Crippen molar-refractivity contribution in [3.8, 4) is 0 Å². The molecule has 0 bridgehead atoms. The lowest BCUT2D eigenvalue weighted by molar-refractivity contribution is 0.340. The summed E-state index contributed by atoms with van der Waals surface area (Å²) in [5.74, 6) is 1.09. The van der Waals surface area contributed by atoms with Crippen molar-refractivity contribution < 1.29 is 4.12 Å². The molecule has 3 heteroatoms. The minimum absolute atomic E-state index is 0.0238. The van der Waals surface area contributed by atoms with Gasteiger partial charge >= 0.3 is 0 Å². The Bertz CT molecular complexity index is 63.4. The first-order valence-electron chi connectivity index (χ1n) is 3.42. The van der Waals surface area contributed by atoms with Gasteiger partial charge < -0.3 is 4.12 Å². The summed E-state index contributed by atoms with van der Waals surface area (Å²) in [6.07, 6.45) is 4.48. The van der Waals surface area contributed by atoms with Crippen LogP contribution >= 0.6 is 0 Å². The van der Waals surface area contributed by atoms with E-state index < -0.39 is 0 Å². The third-order valence-electron chi connectivity index (χ3n) is 1.95. The van der Waals surface area contributed by atoms with E-state index in [1.54, 1.807) is 0 Å². The smallest absolute Gasteiger partial charge is 0.146 e. The summed E-state index contributed by atoms with van der Waals surface area (Å²) in [4.78, 5) is 0. The molecule has 0 aromatic heterocycles. The highest BCUT2D eigenvalue weighted by Crippen LogP contribution is 2.29. The van der Waals surface area contributed by atoms with Gasteiger partial charge in [-0.1, -0.05) is 19.3 Å². The molecule has 0 heterocycles. The van der Waals surface area contributed by atoms with Crippen LogP contribution in [-0.2, 0) is 4.12 Å². The highest BCUT2D eigenvalue weighted by atomic mass is 28.3. The van der Waals surface area contributed by atoms with E-state index in [2.05, 4.69) is 0 Å². The van der Waals surface area contributed by atoms with E-state index in [9.17, 15) is 0 Å². The molecule has 0 saturated heterocycles. The van der Waals surface area contributed by atoms with E-state index in [4.69, 9.17) is 4.12 Å². The van der Waals surface area contributed by atoms with Crippen molar-refractivity contribution in [3.63, 3.8) is 0 Å². The van der Waals surface area contributed by atoms with E-state index in [1.807, 2.05) is 0 Å². The van der Waals surface area contributed by atoms with Crippen molar-refractivity contribution in [2.24, 2.45) is 5.92 Å². The Hall–Kier alpha value is 0.394. The van der Waals surface area contributed by atoms with Crippen LogP contribution in [0.25, 0.3) is 0 Å². The van der Waals surface area contributed by atoms with Gasteiger partial charge in [0.25, 0.3) is 0 Å². The van der Waals surface area contributed by atoms with Crippen LogP contribution in [0.5, 0.6) is 0 Å². The maximum absolute atomic E-state index is 5.23. The second kappa shape index (κ2) is 3.43. The molecular weight excluding hydrogens is 132 g/mol. The fourth-order valence-electron chi connectivity index (χ4n) is 1.07. The third kappa shape index (κ3) is 1.72. The monoisotopic (exact) mass is 146 g/mol. The van der Waals surface area contributed by atoms with Gasteiger partial charge in [-0.15, -0.1) is 0 Å². The summed E-state index contributed by atoms with van der Waals surface area (Å²) in [7, 11) is 0.959. The standard InChI is InChI=1S/C5H14OSi2/c7-6-8-4-5-2-1-3-5/h5H,1-4,8H2,7H3. The molecule has 48 valence electrons. The zero-order valence-corrected chi connectivity index (χ0v) is 8.94. The summed E-state index contributed by atoms with van der Waals surface area (Å²) < 4.78 is 5.23. The van der Waals surface area contributed by atoms with Gasteiger partial charge in [-0.05, 0) is 12.0 Å². The molecule has 0 unspecified atom stereocenters. The highest BCUT2D eigenvalue weighted by molar-refractivity contribution is 6.34. The summed E-state index contributed by atoms with van der Waals surface area (Å²) in [6, 6.07) is 1.46. The Balaban J connectivity index is 1.86. The molecule has 0 spiro atoms. The second-order valence-corrected chi connectivity index (χ2v) is 5.87. The molecular formula is C5H14OSi2. The van der Waals surface area contributed by atoms with Gasteiger partial charge in [-0.3, -0.25) is 0 Å². The van der Waals surface area contributed by atoms with Crippen LogP contribution in [0.3, 0.4) is 0 Å². The van der Waals surface area contributed by atoms with Crippen LogP contribution in [0.1, 0.15) is 19.3 Å². The zero-order valence-electron chi connectivity index (χ0n) is 5.52.